The molecule has 0 unspecified atom stereocenters. The summed E-state index contributed by atoms with van der Waals surface area (Å²) in [5.74, 6) is 0. The molecule has 0 amide bonds. The van der Waals surface area contributed by atoms with Gasteiger partial charge >= 0.3 is 0 Å². The van der Waals surface area contributed by atoms with Crippen molar-refractivity contribution < 1.29 is 0 Å². The molecular formula is C26H18N2. The van der Waals surface area contributed by atoms with Crippen LogP contribution in [0.1, 0.15) is 25.0 Å². The van der Waals surface area contributed by atoms with Crippen LogP contribution in [0.25, 0.3) is 49.0 Å². The SMILES string of the molecule is CC1(C)c2cccc3cc4c5cccnc5c5cc6ccccc6c1c5n4c23. The molecule has 28 heavy (non-hydrogen) atoms. The van der Waals surface area contributed by atoms with Crippen LogP contribution in [0.15, 0.2) is 72.9 Å². The zero-order chi connectivity index (χ0) is 18.6. The van der Waals surface area contributed by atoms with Gasteiger partial charge in [0.25, 0.3) is 0 Å². The molecule has 0 N–H and O–H groups in total. The molecule has 2 heteroatoms. The Kier molecular flexibility index (Phi) is 2.37. The first-order valence-corrected chi connectivity index (χ1v) is 9.83. The maximum atomic E-state index is 4.83. The van der Waals surface area contributed by atoms with E-state index in [0.29, 0.717) is 0 Å². The molecule has 0 atom stereocenters. The maximum Gasteiger partial charge on any atom is 0.0816 e. The number of fused-ring (bicyclic) bond motifs is 5. The van der Waals surface area contributed by atoms with Crippen molar-refractivity contribution in [3.8, 4) is 0 Å². The Morgan fingerprint density at radius 1 is 0.750 bits per heavy atom. The van der Waals surface area contributed by atoms with Crippen LogP contribution in [0.2, 0.25) is 0 Å². The molecule has 0 saturated heterocycles. The normalized spacial score (nSPS) is 15.1. The second kappa shape index (κ2) is 4.53. The molecule has 0 bridgehead atoms. The Hall–Kier alpha value is -3.39. The van der Waals surface area contributed by atoms with E-state index in [1.165, 1.54) is 54.6 Å². The maximum absolute atomic E-state index is 4.83. The van der Waals surface area contributed by atoms with Gasteiger partial charge in [-0.2, -0.15) is 0 Å². The minimum Gasteiger partial charge on any atom is -0.308 e. The predicted octanol–water partition coefficient (Wildman–Crippen LogP) is 6.59. The molecule has 0 spiro atoms. The summed E-state index contributed by atoms with van der Waals surface area (Å²) < 4.78 is 2.50. The van der Waals surface area contributed by atoms with Gasteiger partial charge in [0.2, 0.25) is 0 Å². The quantitative estimate of drug-likeness (QED) is 0.221. The van der Waals surface area contributed by atoms with Crippen LogP contribution in [0.3, 0.4) is 0 Å². The molecule has 1 aliphatic rings. The lowest BCUT2D eigenvalue weighted by Gasteiger charge is -2.34. The minimum atomic E-state index is -0.0810. The smallest absolute Gasteiger partial charge is 0.0816 e. The third-order valence-corrected chi connectivity index (χ3v) is 6.71. The van der Waals surface area contributed by atoms with Crippen LogP contribution in [0.4, 0.5) is 0 Å². The van der Waals surface area contributed by atoms with Crippen LogP contribution in [0.5, 0.6) is 0 Å². The average Bonchev–Trinajstić information content (AvgIpc) is 3.11. The molecule has 4 heterocycles. The van der Waals surface area contributed by atoms with Gasteiger partial charge < -0.3 is 4.40 Å². The summed E-state index contributed by atoms with van der Waals surface area (Å²) >= 11 is 0. The van der Waals surface area contributed by atoms with Crippen molar-refractivity contribution in [2.24, 2.45) is 0 Å². The molecule has 0 aliphatic carbocycles. The molecule has 0 saturated carbocycles. The highest BCUT2D eigenvalue weighted by Crippen LogP contribution is 2.49. The number of para-hydroxylation sites is 1. The Labute approximate surface area is 162 Å². The van der Waals surface area contributed by atoms with Crippen LogP contribution >= 0.6 is 0 Å². The number of pyridine rings is 2. The highest BCUT2D eigenvalue weighted by molar-refractivity contribution is 6.19. The minimum absolute atomic E-state index is 0.0810. The first-order chi connectivity index (χ1) is 13.7. The van der Waals surface area contributed by atoms with Gasteiger partial charge in [0.05, 0.1) is 22.1 Å². The van der Waals surface area contributed by atoms with Gasteiger partial charge in [0, 0.05) is 27.8 Å². The van der Waals surface area contributed by atoms with E-state index in [1.807, 2.05) is 12.3 Å². The van der Waals surface area contributed by atoms with E-state index in [-0.39, 0.29) is 5.41 Å². The Balaban J connectivity index is 1.99. The Morgan fingerprint density at radius 3 is 2.50 bits per heavy atom. The number of nitrogens with zero attached hydrogens (tertiary/aromatic N) is 2. The number of benzene rings is 3. The summed E-state index contributed by atoms with van der Waals surface area (Å²) in [5, 5.41) is 6.40. The van der Waals surface area contributed by atoms with Gasteiger partial charge in [-0.05, 0) is 46.2 Å². The van der Waals surface area contributed by atoms with E-state index >= 15 is 0 Å². The molecule has 0 radical (unpaired) electrons. The molecule has 7 rings (SSSR count). The topological polar surface area (TPSA) is 17.3 Å². The largest absolute Gasteiger partial charge is 0.308 e. The number of aromatic nitrogens is 2. The van der Waals surface area contributed by atoms with Crippen LogP contribution in [-0.2, 0) is 5.41 Å². The number of rotatable bonds is 0. The summed E-state index contributed by atoms with van der Waals surface area (Å²) in [5.41, 5.74) is 7.75. The third kappa shape index (κ3) is 1.47. The van der Waals surface area contributed by atoms with Crippen LogP contribution in [-0.4, -0.2) is 9.38 Å². The van der Waals surface area contributed by atoms with Crippen molar-refractivity contribution in [2.75, 3.05) is 0 Å². The van der Waals surface area contributed by atoms with Gasteiger partial charge in [-0.1, -0.05) is 56.3 Å². The fourth-order valence-electron chi connectivity index (χ4n) is 5.54. The summed E-state index contributed by atoms with van der Waals surface area (Å²) in [6, 6.07) is 24.5. The van der Waals surface area contributed by atoms with Crippen LogP contribution in [0, 0.1) is 0 Å². The summed E-state index contributed by atoms with van der Waals surface area (Å²) in [4.78, 5) is 4.83. The van der Waals surface area contributed by atoms with Crippen molar-refractivity contribution in [1.29, 1.82) is 0 Å². The average molecular weight is 358 g/mol. The lowest BCUT2D eigenvalue weighted by Crippen LogP contribution is -2.24. The van der Waals surface area contributed by atoms with Gasteiger partial charge in [0.15, 0.2) is 0 Å². The van der Waals surface area contributed by atoms with Crippen molar-refractivity contribution in [1.82, 2.24) is 9.38 Å². The summed E-state index contributed by atoms with van der Waals surface area (Å²) in [7, 11) is 0. The fourth-order valence-corrected chi connectivity index (χ4v) is 5.54. The van der Waals surface area contributed by atoms with E-state index in [9.17, 15) is 0 Å². The predicted molar refractivity (Wildman–Crippen MR) is 117 cm³/mol. The lowest BCUT2D eigenvalue weighted by atomic mass is 9.73. The molecule has 1 aliphatic heterocycles. The monoisotopic (exact) mass is 358 g/mol. The Bertz CT molecular complexity index is 1630. The van der Waals surface area contributed by atoms with E-state index in [0.717, 1.165) is 5.52 Å². The summed E-state index contributed by atoms with van der Waals surface area (Å²) in [6.07, 6.45) is 1.91. The molecule has 3 aromatic carbocycles. The zero-order valence-electron chi connectivity index (χ0n) is 15.8. The Morgan fingerprint density at radius 2 is 1.57 bits per heavy atom. The summed E-state index contributed by atoms with van der Waals surface area (Å²) in [6.45, 7) is 4.74. The molecule has 2 nitrogen and oxygen atoms in total. The molecular weight excluding hydrogens is 340 g/mol. The second-order valence-electron chi connectivity index (χ2n) is 8.50. The molecule has 132 valence electrons. The first kappa shape index (κ1) is 14.6. The van der Waals surface area contributed by atoms with Crippen molar-refractivity contribution in [2.45, 2.75) is 19.3 Å². The van der Waals surface area contributed by atoms with E-state index in [4.69, 9.17) is 4.98 Å². The van der Waals surface area contributed by atoms with E-state index in [2.05, 4.69) is 78.9 Å². The number of hydrogen-bond acceptors (Lipinski definition) is 1. The van der Waals surface area contributed by atoms with Crippen LogP contribution < -0.4 is 0 Å². The van der Waals surface area contributed by atoms with Crippen molar-refractivity contribution in [3.63, 3.8) is 0 Å². The highest BCUT2D eigenvalue weighted by Gasteiger charge is 2.35. The molecule has 3 aromatic heterocycles. The number of hydrogen-bond donors (Lipinski definition) is 0. The van der Waals surface area contributed by atoms with E-state index < -0.39 is 0 Å². The van der Waals surface area contributed by atoms with Crippen molar-refractivity contribution >= 4 is 49.0 Å². The van der Waals surface area contributed by atoms with Gasteiger partial charge in [-0.3, -0.25) is 4.98 Å². The fraction of sp³-hybridized carbons (Fsp3) is 0.115. The van der Waals surface area contributed by atoms with E-state index in [1.54, 1.807) is 0 Å². The van der Waals surface area contributed by atoms with Gasteiger partial charge in [0.1, 0.15) is 0 Å². The lowest BCUT2D eigenvalue weighted by molar-refractivity contribution is 0.649. The zero-order valence-corrected chi connectivity index (χ0v) is 15.8. The molecule has 6 aromatic rings. The first-order valence-electron chi connectivity index (χ1n) is 9.83. The standard InChI is InChI=1S/C26H18N2/c1-26(2)20-11-5-8-16-14-21-18-10-6-12-27-23(18)19-13-15-7-3-4-9-17(15)22(26)25(19)28(21)24(16)20/h3-14H,1-2H3. The third-order valence-electron chi connectivity index (χ3n) is 6.71. The molecule has 0 fully saturated rings. The van der Waals surface area contributed by atoms with Gasteiger partial charge in [-0.15, -0.1) is 0 Å². The van der Waals surface area contributed by atoms with Gasteiger partial charge in [-0.25, -0.2) is 0 Å². The van der Waals surface area contributed by atoms with Crippen molar-refractivity contribution in [3.05, 3.63) is 84.1 Å². The second-order valence-corrected chi connectivity index (χ2v) is 8.50. The highest BCUT2D eigenvalue weighted by atomic mass is 14.9.